The summed E-state index contributed by atoms with van der Waals surface area (Å²) in [7, 11) is 0. The average molecular weight is 182 g/mol. The van der Waals surface area contributed by atoms with Gasteiger partial charge >= 0.3 is 0 Å². The summed E-state index contributed by atoms with van der Waals surface area (Å²) >= 11 is 0. The smallest absolute Gasteiger partial charge is 0.213 e. The van der Waals surface area contributed by atoms with Crippen LogP contribution in [-0.2, 0) is 4.74 Å². The van der Waals surface area contributed by atoms with Crippen molar-refractivity contribution in [3.63, 3.8) is 0 Å². The van der Waals surface area contributed by atoms with Gasteiger partial charge in [0, 0.05) is 6.54 Å². The first kappa shape index (κ1) is 8.59. The van der Waals surface area contributed by atoms with E-state index in [4.69, 9.17) is 4.74 Å². The molecule has 0 aromatic carbocycles. The Kier molecular flexibility index (Phi) is 2.52. The van der Waals surface area contributed by atoms with Gasteiger partial charge in [-0.15, -0.1) is 0 Å². The number of halogens is 1. The number of aromatic nitrogens is 1. The largest absolute Gasteiger partial charge is 0.378 e. The van der Waals surface area contributed by atoms with Crippen molar-refractivity contribution in [1.29, 1.82) is 0 Å². The lowest BCUT2D eigenvalue weighted by molar-refractivity contribution is 0.0754. The minimum atomic E-state index is -0.440. The van der Waals surface area contributed by atoms with Crippen LogP contribution in [0.1, 0.15) is 11.7 Å². The second kappa shape index (κ2) is 3.81. The third kappa shape index (κ3) is 2.02. The maximum Gasteiger partial charge on any atom is 0.213 e. The van der Waals surface area contributed by atoms with Crippen LogP contribution in [0.2, 0.25) is 0 Å². The van der Waals surface area contributed by atoms with E-state index in [1.807, 2.05) is 0 Å². The van der Waals surface area contributed by atoms with Gasteiger partial charge in [-0.3, -0.25) is 0 Å². The predicted molar refractivity (Wildman–Crippen MR) is 45.8 cm³/mol. The minimum Gasteiger partial charge on any atom is -0.378 e. The highest BCUT2D eigenvalue weighted by atomic mass is 19.1. The molecule has 4 heteroatoms. The summed E-state index contributed by atoms with van der Waals surface area (Å²) in [5, 5.41) is 3.21. The Morgan fingerprint density at radius 2 is 2.46 bits per heavy atom. The van der Waals surface area contributed by atoms with E-state index in [0.717, 1.165) is 6.54 Å². The third-order valence-corrected chi connectivity index (χ3v) is 2.02. The van der Waals surface area contributed by atoms with Crippen molar-refractivity contribution in [1.82, 2.24) is 10.3 Å². The van der Waals surface area contributed by atoms with E-state index in [9.17, 15) is 4.39 Å². The average Bonchev–Trinajstić information content (AvgIpc) is 2.19. The van der Waals surface area contributed by atoms with Gasteiger partial charge in [-0.05, 0) is 12.1 Å². The Balaban J connectivity index is 2.14. The van der Waals surface area contributed by atoms with Gasteiger partial charge in [-0.25, -0.2) is 4.98 Å². The molecule has 3 nitrogen and oxygen atoms in total. The molecule has 0 bridgehead atoms. The number of hydrogen-bond acceptors (Lipinski definition) is 3. The number of nitrogens with one attached hydrogen (secondary N) is 1. The molecule has 0 saturated carbocycles. The maximum atomic E-state index is 12.7. The second-order valence-corrected chi connectivity index (χ2v) is 2.97. The molecule has 0 aliphatic carbocycles. The standard InChI is InChI=1S/C9H11FN2O/c10-9-3-1-2-7(12-9)8-6-13-5-4-11-8/h1-3,8,11H,4-6H2. The van der Waals surface area contributed by atoms with Gasteiger partial charge in [-0.1, -0.05) is 6.07 Å². The molecule has 1 aliphatic rings. The number of morpholine rings is 1. The Hall–Kier alpha value is -1.00. The van der Waals surface area contributed by atoms with E-state index in [-0.39, 0.29) is 6.04 Å². The molecule has 2 heterocycles. The van der Waals surface area contributed by atoms with Crippen LogP contribution in [-0.4, -0.2) is 24.7 Å². The van der Waals surface area contributed by atoms with Gasteiger partial charge in [-0.2, -0.15) is 4.39 Å². The van der Waals surface area contributed by atoms with Crippen LogP contribution < -0.4 is 5.32 Å². The molecule has 1 saturated heterocycles. The Bertz CT molecular complexity index is 287. The van der Waals surface area contributed by atoms with Crippen LogP contribution in [0.25, 0.3) is 0 Å². The molecule has 13 heavy (non-hydrogen) atoms. The Labute approximate surface area is 75.9 Å². The number of pyridine rings is 1. The van der Waals surface area contributed by atoms with E-state index in [0.29, 0.717) is 18.9 Å². The third-order valence-electron chi connectivity index (χ3n) is 2.02. The molecule has 0 spiro atoms. The summed E-state index contributed by atoms with van der Waals surface area (Å²) in [5.41, 5.74) is 0.708. The Morgan fingerprint density at radius 3 is 3.15 bits per heavy atom. The van der Waals surface area contributed by atoms with Crippen molar-refractivity contribution < 1.29 is 9.13 Å². The minimum absolute atomic E-state index is 0.0319. The summed E-state index contributed by atoms with van der Waals surface area (Å²) in [6.45, 7) is 2.07. The zero-order valence-corrected chi connectivity index (χ0v) is 7.16. The van der Waals surface area contributed by atoms with Crippen molar-refractivity contribution in [3.05, 3.63) is 29.8 Å². The van der Waals surface area contributed by atoms with Crippen LogP contribution in [0.15, 0.2) is 18.2 Å². The molecule has 1 aromatic rings. The van der Waals surface area contributed by atoms with Crippen LogP contribution in [0.5, 0.6) is 0 Å². The fourth-order valence-electron chi connectivity index (χ4n) is 1.37. The predicted octanol–water partition coefficient (Wildman–Crippen LogP) is 0.882. The molecule has 1 aromatic heterocycles. The summed E-state index contributed by atoms with van der Waals surface area (Å²) in [5.74, 6) is -0.440. The zero-order chi connectivity index (χ0) is 9.10. The topological polar surface area (TPSA) is 34.1 Å². The van der Waals surface area contributed by atoms with Crippen molar-refractivity contribution >= 4 is 0 Å². The number of nitrogens with zero attached hydrogens (tertiary/aromatic N) is 1. The first-order valence-corrected chi connectivity index (χ1v) is 4.30. The molecule has 0 radical (unpaired) electrons. The first-order valence-electron chi connectivity index (χ1n) is 4.30. The second-order valence-electron chi connectivity index (χ2n) is 2.97. The Morgan fingerprint density at radius 1 is 1.54 bits per heavy atom. The summed E-state index contributed by atoms with van der Waals surface area (Å²) in [6.07, 6.45) is 0. The van der Waals surface area contributed by atoms with E-state index < -0.39 is 5.95 Å². The summed E-state index contributed by atoms with van der Waals surface area (Å²) in [6, 6.07) is 4.83. The highest BCUT2D eigenvalue weighted by Crippen LogP contribution is 2.12. The zero-order valence-electron chi connectivity index (χ0n) is 7.16. The summed E-state index contributed by atoms with van der Waals surface area (Å²) in [4.78, 5) is 3.79. The molecule has 1 fully saturated rings. The summed E-state index contributed by atoms with van der Waals surface area (Å²) < 4.78 is 18.0. The van der Waals surface area contributed by atoms with Crippen LogP contribution >= 0.6 is 0 Å². The highest BCUT2D eigenvalue weighted by Gasteiger charge is 2.16. The van der Waals surface area contributed by atoms with E-state index in [1.165, 1.54) is 6.07 Å². The number of rotatable bonds is 1. The van der Waals surface area contributed by atoms with E-state index in [2.05, 4.69) is 10.3 Å². The maximum absolute atomic E-state index is 12.7. The van der Waals surface area contributed by atoms with Gasteiger partial charge in [0.25, 0.3) is 0 Å². The van der Waals surface area contributed by atoms with Gasteiger partial charge in [0.05, 0.1) is 24.9 Å². The fraction of sp³-hybridized carbons (Fsp3) is 0.444. The molecule has 1 aliphatic heterocycles. The van der Waals surface area contributed by atoms with Crippen LogP contribution in [0, 0.1) is 5.95 Å². The number of ether oxygens (including phenoxy) is 1. The SMILES string of the molecule is Fc1cccc(C2COCCN2)n1. The lowest BCUT2D eigenvalue weighted by atomic mass is 10.2. The first-order chi connectivity index (χ1) is 6.36. The number of hydrogen-bond donors (Lipinski definition) is 1. The van der Waals surface area contributed by atoms with Crippen LogP contribution in [0.4, 0.5) is 4.39 Å². The van der Waals surface area contributed by atoms with Gasteiger partial charge in [0.2, 0.25) is 5.95 Å². The molecule has 70 valence electrons. The monoisotopic (exact) mass is 182 g/mol. The molecular formula is C9H11FN2O. The van der Waals surface area contributed by atoms with E-state index in [1.54, 1.807) is 12.1 Å². The van der Waals surface area contributed by atoms with Crippen molar-refractivity contribution in [3.8, 4) is 0 Å². The lowest BCUT2D eigenvalue weighted by Gasteiger charge is -2.23. The van der Waals surface area contributed by atoms with Crippen molar-refractivity contribution in [2.24, 2.45) is 0 Å². The molecule has 2 rings (SSSR count). The van der Waals surface area contributed by atoms with Crippen molar-refractivity contribution in [2.45, 2.75) is 6.04 Å². The van der Waals surface area contributed by atoms with Gasteiger partial charge in [0.15, 0.2) is 0 Å². The molecule has 1 N–H and O–H groups in total. The van der Waals surface area contributed by atoms with Crippen molar-refractivity contribution in [2.75, 3.05) is 19.8 Å². The molecule has 0 amide bonds. The van der Waals surface area contributed by atoms with Gasteiger partial charge in [0.1, 0.15) is 0 Å². The molecule has 1 unspecified atom stereocenters. The lowest BCUT2D eigenvalue weighted by Crippen LogP contribution is -2.35. The molecular weight excluding hydrogens is 171 g/mol. The fourth-order valence-corrected chi connectivity index (χ4v) is 1.37. The molecule has 1 atom stereocenters. The highest BCUT2D eigenvalue weighted by molar-refractivity contribution is 5.10. The van der Waals surface area contributed by atoms with Gasteiger partial charge < -0.3 is 10.1 Å². The quantitative estimate of drug-likeness (QED) is 0.655. The van der Waals surface area contributed by atoms with E-state index >= 15 is 0 Å². The normalized spacial score (nSPS) is 23.0. The van der Waals surface area contributed by atoms with Crippen LogP contribution in [0.3, 0.4) is 0 Å².